The summed E-state index contributed by atoms with van der Waals surface area (Å²) in [4.78, 5) is 0. The van der Waals surface area contributed by atoms with Crippen molar-refractivity contribution in [2.75, 3.05) is 26.1 Å². The maximum Gasteiger partial charge on any atom is 0.119 e. The lowest BCUT2D eigenvalue weighted by Gasteiger charge is -2.09. The summed E-state index contributed by atoms with van der Waals surface area (Å²) in [6, 6.07) is 7.92. The second-order valence-electron chi connectivity index (χ2n) is 4.24. The first-order valence-electron chi connectivity index (χ1n) is 6.31. The number of hydrogen-bond donors (Lipinski definition) is 1. The van der Waals surface area contributed by atoms with Gasteiger partial charge in [-0.1, -0.05) is 12.2 Å². The third kappa shape index (κ3) is 3.91. The van der Waals surface area contributed by atoms with Gasteiger partial charge in [-0.3, -0.25) is 0 Å². The highest BCUT2D eigenvalue weighted by Crippen LogP contribution is 2.17. The zero-order chi connectivity index (χ0) is 13.5. The van der Waals surface area contributed by atoms with Crippen molar-refractivity contribution in [3.8, 4) is 5.75 Å². The Labute approximate surface area is 114 Å². The summed E-state index contributed by atoms with van der Waals surface area (Å²) in [6.45, 7) is 0.808. The minimum atomic E-state index is 0.808. The van der Waals surface area contributed by atoms with Gasteiger partial charge in [0.25, 0.3) is 0 Å². The summed E-state index contributed by atoms with van der Waals surface area (Å²) in [5.41, 5.74) is 2.38. The fourth-order valence-corrected chi connectivity index (χ4v) is 1.86. The summed E-state index contributed by atoms with van der Waals surface area (Å²) < 4.78 is 10.3. The molecular formula is C16H19NO2. The number of hydrogen-bond acceptors (Lipinski definition) is 3. The van der Waals surface area contributed by atoms with Crippen LogP contribution in [-0.4, -0.2) is 20.8 Å². The highest BCUT2D eigenvalue weighted by molar-refractivity contribution is 5.47. The van der Waals surface area contributed by atoms with Crippen molar-refractivity contribution in [2.45, 2.75) is 6.42 Å². The monoisotopic (exact) mass is 257 g/mol. The molecular weight excluding hydrogens is 238 g/mol. The van der Waals surface area contributed by atoms with Crippen molar-refractivity contribution in [3.05, 3.63) is 59.9 Å². The molecule has 0 aromatic heterocycles. The van der Waals surface area contributed by atoms with Crippen LogP contribution < -0.4 is 10.1 Å². The van der Waals surface area contributed by atoms with Crippen LogP contribution >= 0.6 is 0 Å². The minimum Gasteiger partial charge on any atom is -0.497 e. The quantitative estimate of drug-likeness (QED) is 0.875. The topological polar surface area (TPSA) is 30.5 Å². The van der Waals surface area contributed by atoms with Gasteiger partial charge >= 0.3 is 0 Å². The fraction of sp³-hybridized carbons (Fsp3) is 0.250. The van der Waals surface area contributed by atoms with Crippen LogP contribution in [0.25, 0.3) is 0 Å². The molecule has 0 unspecified atom stereocenters. The van der Waals surface area contributed by atoms with Crippen LogP contribution in [0.5, 0.6) is 5.75 Å². The molecule has 3 heteroatoms. The number of allylic oxidation sites excluding steroid dienone is 4. The van der Waals surface area contributed by atoms with Gasteiger partial charge < -0.3 is 14.8 Å². The third-order valence-corrected chi connectivity index (χ3v) is 3.00. The van der Waals surface area contributed by atoms with Crippen LogP contribution in [0.1, 0.15) is 6.42 Å². The maximum atomic E-state index is 5.15. The molecule has 19 heavy (non-hydrogen) atoms. The van der Waals surface area contributed by atoms with Gasteiger partial charge in [-0.05, 0) is 48.4 Å². The van der Waals surface area contributed by atoms with Gasteiger partial charge in [0.2, 0.25) is 0 Å². The zero-order valence-electron chi connectivity index (χ0n) is 11.3. The van der Waals surface area contributed by atoms with E-state index in [2.05, 4.69) is 23.5 Å². The van der Waals surface area contributed by atoms with E-state index in [4.69, 9.17) is 9.47 Å². The first kappa shape index (κ1) is 13.3. The van der Waals surface area contributed by atoms with E-state index in [1.165, 1.54) is 5.57 Å². The van der Waals surface area contributed by atoms with Crippen LogP contribution in [0, 0.1) is 0 Å². The normalized spacial score (nSPS) is 16.1. The average molecular weight is 257 g/mol. The molecule has 0 atom stereocenters. The third-order valence-electron chi connectivity index (χ3n) is 3.00. The lowest BCUT2D eigenvalue weighted by atomic mass is 10.1. The molecule has 1 aliphatic rings. The average Bonchev–Trinajstić information content (AvgIpc) is 2.49. The minimum absolute atomic E-state index is 0.808. The number of anilines is 1. The molecule has 0 heterocycles. The number of benzene rings is 1. The van der Waals surface area contributed by atoms with E-state index in [1.807, 2.05) is 30.3 Å². The molecule has 1 aromatic rings. The van der Waals surface area contributed by atoms with E-state index < -0.39 is 0 Å². The Morgan fingerprint density at radius 1 is 1.11 bits per heavy atom. The smallest absolute Gasteiger partial charge is 0.119 e. The van der Waals surface area contributed by atoms with Gasteiger partial charge in [-0.15, -0.1) is 0 Å². The van der Waals surface area contributed by atoms with Gasteiger partial charge in [0.15, 0.2) is 0 Å². The van der Waals surface area contributed by atoms with E-state index in [1.54, 1.807) is 14.2 Å². The Morgan fingerprint density at radius 2 is 1.89 bits per heavy atom. The molecule has 2 rings (SSSR count). The summed E-state index contributed by atoms with van der Waals surface area (Å²) in [5, 5.41) is 3.35. The Kier molecular flexibility index (Phi) is 4.67. The Hall–Kier alpha value is -2.16. The Balaban J connectivity index is 1.83. The summed E-state index contributed by atoms with van der Waals surface area (Å²) in [6.07, 6.45) is 9.27. The maximum absolute atomic E-state index is 5.15. The predicted molar refractivity (Wildman–Crippen MR) is 78.4 cm³/mol. The van der Waals surface area contributed by atoms with Crippen molar-refractivity contribution >= 4 is 5.69 Å². The molecule has 1 N–H and O–H groups in total. The molecule has 0 radical (unpaired) electrons. The highest BCUT2D eigenvalue weighted by atomic mass is 16.5. The molecule has 0 fully saturated rings. The van der Waals surface area contributed by atoms with Crippen LogP contribution in [-0.2, 0) is 4.74 Å². The van der Waals surface area contributed by atoms with Crippen molar-refractivity contribution in [1.29, 1.82) is 0 Å². The first-order chi connectivity index (χ1) is 9.31. The lowest BCUT2D eigenvalue weighted by molar-refractivity contribution is 0.304. The van der Waals surface area contributed by atoms with E-state index in [0.717, 1.165) is 30.2 Å². The number of methoxy groups -OCH3 is 2. The summed E-state index contributed by atoms with van der Waals surface area (Å²) in [5.74, 6) is 1.80. The lowest BCUT2D eigenvalue weighted by Crippen LogP contribution is -2.00. The number of rotatable bonds is 5. The Morgan fingerprint density at radius 3 is 2.47 bits per heavy atom. The molecule has 3 nitrogen and oxygen atoms in total. The second-order valence-corrected chi connectivity index (χ2v) is 4.24. The van der Waals surface area contributed by atoms with Gasteiger partial charge in [-0.2, -0.15) is 0 Å². The van der Waals surface area contributed by atoms with Crippen molar-refractivity contribution in [1.82, 2.24) is 0 Å². The highest BCUT2D eigenvalue weighted by Gasteiger charge is 2.00. The van der Waals surface area contributed by atoms with E-state index in [-0.39, 0.29) is 0 Å². The van der Waals surface area contributed by atoms with Crippen LogP contribution in [0.3, 0.4) is 0 Å². The molecule has 0 aliphatic heterocycles. The summed E-state index contributed by atoms with van der Waals surface area (Å²) >= 11 is 0. The molecule has 0 saturated carbocycles. The van der Waals surface area contributed by atoms with E-state index >= 15 is 0 Å². The number of ether oxygens (including phenoxy) is 2. The summed E-state index contributed by atoms with van der Waals surface area (Å²) in [7, 11) is 3.36. The van der Waals surface area contributed by atoms with Crippen LogP contribution in [0.15, 0.2) is 59.9 Å². The van der Waals surface area contributed by atoms with Gasteiger partial charge in [-0.25, -0.2) is 0 Å². The van der Waals surface area contributed by atoms with Crippen molar-refractivity contribution in [2.24, 2.45) is 0 Å². The zero-order valence-corrected chi connectivity index (χ0v) is 11.3. The molecule has 0 bridgehead atoms. The molecule has 0 saturated heterocycles. The predicted octanol–water partition coefficient (Wildman–Crippen LogP) is 3.52. The first-order valence-corrected chi connectivity index (χ1v) is 6.31. The van der Waals surface area contributed by atoms with Crippen molar-refractivity contribution < 1.29 is 9.47 Å². The van der Waals surface area contributed by atoms with Crippen LogP contribution in [0.4, 0.5) is 5.69 Å². The van der Waals surface area contributed by atoms with E-state index in [9.17, 15) is 0 Å². The van der Waals surface area contributed by atoms with Gasteiger partial charge in [0.1, 0.15) is 11.5 Å². The molecule has 0 spiro atoms. The molecule has 1 aliphatic carbocycles. The van der Waals surface area contributed by atoms with E-state index in [0.29, 0.717) is 0 Å². The van der Waals surface area contributed by atoms with Crippen LogP contribution in [0.2, 0.25) is 0 Å². The Bertz CT molecular complexity index is 498. The molecule has 1 aromatic carbocycles. The second kappa shape index (κ2) is 6.69. The van der Waals surface area contributed by atoms with Gasteiger partial charge in [0.05, 0.1) is 14.2 Å². The van der Waals surface area contributed by atoms with Crippen molar-refractivity contribution in [3.63, 3.8) is 0 Å². The largest absolute Gasteiger partial charge is 0.497 e. The number of nitrogens with one attached hydrogen (secondary N) is 1. The SMILES string of the molecule is COC1=CC/C(=C\CNc2ccc(OC)cc2)C=C1. The fourth-order valence-electron chi connectivity index (χ4n) is 1.86. The standard InChI is InChI=1S/C16H19NO2/c1-18-15-7-3-13(4-8-15)11-12-17-14-5-9-16(19-2)10-6-14/h3,5-11,17H,4,12H2,1-2H3/b13-11-. The molecule has 0 amide bonds. The molecule has 100 valence electrons. The van der Waals surface area contributed by atoms with Gasteiger partial charge in [0, 0.05) is 12.2 Å².